The van der Waals surface area contributed by atoms with Gasteiger partial charge in [-0.15, -0.1) is 0 Å². The molecule has 0 saturated carbocycles. The molecule has 0 aliphatic heterocycles. The highest BCUT2D eigenvalue weighted by Gasteiger charge is 2.16. The second-order valence-corrected chi connectivity index (χ2v) is 14.6. The molecule has 11 rings (SSSR count). The maximum atomic E-state index is 6.44. The van der Waals surface area contributed by atoms with E-state index in [9.17, 15) is 0 Å². The lowest BCUT2D eigenvalue weighted by Gasteiger charge is -2.26. The van der Waals surface area contributed by atoms with Gasteiger partial charge < -0.3 is 9.32 Å². The van der Waals surface area contributed by atoms with Gasteiger partial charge in [-0.05, 0) is 138 Å². The van der Waals surface area contributed by atoms with Crippen molar-refractivity contribution in [3.05, 3.63) is 212 Å². The highest BCUT2D eigenvalue weighted by molar-refractivity contribution is 6.19. The van der Waals surface area contributed by atoms with Gasteiger partial charge in [0, 0.05) is 27.8 Å². The monoisotopic (exact) mass is 713 g/mol. The molecule has 0 fully saturated rings. The Morgan fingerprint density at radius 2 is 0.804 bits per heavy atom. The minimum Gasteiger partial charge on any atom is -0.456 e. The molecule has 0 aliphatic rings. The van der Waals surface area contributed by atoms with Crippen molar-refractivity contribution >= 4 is 71.3 Å². The van der Waals surface area contributed by atoms with E-state index in [1.165, 1.54) is 60.0 Å². The Hall–Kier alpha value is -7.42. The van der Waals surface area contributed by atoms with E-state index < -0.39 is 0 Å². The molecule has 10 aromatic carbocycles. The van der Waals surface area contributed by atoms with Crippen LogP contribution in [-0.2, 0) is 0 Å². The van der Waals surface area contributed by atoms with E-state index >= 15 is 0 Å². The third kappa shape index (κ3) is 5.59. The zero-order valence-electron chi connectivity index (χ0n) is 30.6. The van der Waals surface area contributed by atoms with Crippen LogP contribution in [0.4, 0.5) is 17.1 Å². The van der Waals surface area contributed by atoms with Gasteiger partial charge in [0.25, 0.3) is 0 Å². The lowest BCUT2D eigenvalue weighted by molar-refractivity contribution is 0.669. The van der Waals surface area contributed by atoms with E-state index in [0.29, 0.717) is 0 Å². The van der Waals surface area contributed by atoms with E-state index in [-0.39, 0.29) is 0 Å². The second-order valence-electron chi connectivity index (χ2n) is 14.6. The molecule has 0 spiro atoms. The summed E-state index contributed by atoms with van der Waals surface area (Å²) >= 11 is 0. The molecule has 56 heavy (non-hydrogen) atoms. The summed E-state index contributed by atoms with van der Waals surface area (Å²) in [5, 5.41) is 9.73. The minimum absolute atomic E-state index is 0.897. The molecule has 0 N–H and O–H groups in total. The number of hydrogen-bond acceptors (Lipinski definition) is 2. The Kier molecular flexibility index (Phi) is 7.53. The Bertz CT molecular complexity index is 3250. The molecule has 0 atom stereocenters. The molecule has 0 saturated heterocycles. The van der Waals surface area contributed by atoms with Gasteiger partial charge >= 0.3 is 0 Å². The van der Waals surface area contributed by atoms with E-state index in [2.05, 4.69) is 217 Å². The molecule has 2 heteroatoms. The third-order valence-electron chi connectivity index (χ3n) is 11.2. The van der Waals surface area contributed by atoms with Gasteiger partial charge in [-0.25, -0.2) is 0 Å². The Labute approximate surface area is 325 Å². The molecule has 1 heterocycles. The number of anilines is 3. The first-order chi connectivity index (χ1) is 27.7. The second kappa shape index (κ2) is 13.2. The van der Waals surface area contributed by atoms with Gasteiger partial charge in [-0.3, -0.25) is 0 Å². The van der Waals surface area contributed by atoms with E-state index in [1.807, 2.05) is 0 Å². The van der Waals surface area contributed by atoms with E-state index in [0.717, 1.165) is 44.7 Å². The summed E-state index contributed by atoms with van der Waals surface area (Å²) < 4.78 is 6.44. The summed E-state index contributed by atoms with van der Waals surface area (Å²) in [5.41, 5.74) is 12.2. The third-order valence-corrected chi connectivity index (χ3v) is 11.2. The van der Waals surface area contributed by atoms with Crippen LogP contribution in [0, 0.1) is 0 Å². The summed E-state index contributed by atoms with van der Waals surface area (Å²) in [6, 6.07) is 76.5. The highest BCUT2D eigenvalue weighted by Crippen LogP contribution is 2.40. The Morgan fingerprint density at radius 3 is 1.59 bits per heavy atom. The molecular weight excluding hydrogens is 679 g/mol. The highest BCUT2D eigenvalue weighted by atomic mass is 16.3. The first-order valence-electron chi connectivity index (χ1n) is 19.2. The van der Waals surface area contributed by atoms with Crippen LogP contribution in [0.5, 0.6) is 0 Å². The van der Waals surface area contributed by atoms with Crippen LogP contribution in [0.25, 0.3) is 87.6 Å². The first kappa shape index (κ1) is 32.0. The fourth-order valence-electron chi connectivity index (χ4n) is 8.35. The summed E-state index contributed by atoms with van der Waals surface area (Å²) in [6.45, 7) is 0. The lowest BCUT2D eigenvalue weighted by atomic mass is 9.96. The fourth-order valence-corrected chi connectivity index (χ4v) is 8.35. The van der Waals surface area contributed by atoms with Crippen molar-refractivity contribution in [1.82, 2.24) is 0 Å². The summed E-state index contributed by atoms with van der Waals surface area (Å²) in [6.07, 6.45) is 0. The van der Waals surface area contributed by atoms with Crippen LogP contribution in [0.1, 0.15) is 0 Å². The minimum atomic E-state index is 0.897. The SMILES string of the molecule is c1ccc(N(c2ccc(-c3ccc4ccc(-c5ccc6ccccc6c5)cc4c3)cc2)c2cccc(-c3ccc4c(c3)oc3ccc5ccccc5c34)c2)cc1. The van der Waals surface area contributed by atoms with Crippen molar-refractivity contribution in [2.45, 2.75) is 0 Å². The Morgan fingerprint density at radius 1 is 0.268 bits per heavy atom. The standard InChI is InChI=1S/C54H35NO/c1-2-13-47(14-3-1)55(49-15-8-12-41(34-49)45-25-29-51-53(35-45)56-52-30-26-39-10-6-7-16-50(39)54(51)52)48-27-23-37(24-28-48)42-20-18-38-19-22-44(33-46(38)32-42)43-21-17-36-9-4-5-11-40(36)31-43/h1-35H. The molecule has 0 aliphatic carbocycles. The number of hydrogen-bond donors (Lipinski definition) is 0. The largest absolute Gasteiger partial charge is 0.456 e. The topological polar surface area (TPSA) is 16.4 Å². The van der Waals surface area contributed by atoms with Crippen molar-refractivity contribution in [3.8, 4) is 33.4 Å². The van der Waals surface area contributed by atoms with E-state index in [4.69, 9.17) is 4.42 Å². The van der Waals surface area contributed by atoms with E-state index in [1.54, 1.807) is 0 Å². The molecule has 2 nitrogen and oxygen atoms in total. The van der Waals surface area contributed by atoms with Crippen LogP contribution >= 0.6 is 0 Å². The number of fused-ring (bicyclic) bond motifs is 7. The molecule has 0 amide bonds. The van der Waals surface area contributed by atoms with Crippen molar-refractivity contribution in [2.24, 2.45) is 0 Å². The molecule has 1 aromatic heterocycles. The first-order valence-corrected chi connectivity index (χ1v) is 19.2. The average Bonchev–Trinajstić information content (AvgIpc) is 3.65. The predicted molar refractivity (Wildman–Crippen MR) is 237 cm³/mol. The smallest absolute Gasteiger partial charge is 0.136 e. The normalized spacial score (nSPS) is 11.6. The molecular formula is C54H35NO. The average molecular weight is 714 g/mol. The van der Waals surface area contributed by atoms with Gasteiger partial charge in [-0.2, -0.15) is 0 Å². The molecule has 11 aromatic rings. The van der Waals surface area contributed by atoms with Crippen molar-refractivity contribution in [2.75, 3.05) is 4.90 Å². The van der Waals surface area contributed by atoms with Crippen LogP contribution < -0.4 is 4.90 Å². The number of benzene rings is 10. The van der Waals surface area contributed by atoms with Crippen molar-refractivity contribution in [1.29, 1.82) is 0 Å². The van der Waals surface area contributed by atoms with Gasteiger partial charge in [0.1, 0.15) is 11.2 Å². The summed E-state index contributed by atoms with van der Waals surface area (Å²) in [7, 11) is 0. The van der Waals surface area contributed by atoms with Gasteiger partial charge in [0.2, 0.25) is 0 Å². The zero-order chi connectivity index (χ0) is 37.0. The van der Waals surface area contributed by atoms with Crippen LogP contribution in [0.2, 0.25) is 0 Å². The summed E-state index contributed by atoms with van der Waals surface area (Å²) in [4.78, 5) is 2.33. The van der Waals surface area contributed by atoms with Crippen molar-refractivity contribution < 1.29 is 4.42 Å². The van der Waals surface area contributed by atoms with Crippen LogP contribution in [-0.4, -0.2) is 0 Å². The molecule has 0 unspecified atom stereocenters. The quantitative estimate of drug-likeness (QED) is 0.171. The molecule has 0 radical (unpaired) electrons. The zero-order valence-corrected chi connectivity index (χ0v) is 30.6. The number of para-hydroxylation sites is 1. The predicted octanol–water partition coefficient (Wildman–Crippen LogP) is 15.5. The maximum absolute atomic E-state index is 6.44. The van der Waals surface area contributed by atoms with Gasteiger partial charge in [0.15, 0.2) is 0 Å². The van der Waals surface area contributed by atoms with Crippen LogP contribution in [0.15, 0.2) is 217 Å². The fraction of sp³-hybridized carbons (Fsp3) is 0. The lowest BCUT2D eigenvalue weighted by Crippen LogP contribution is -2.09. The van der Waals surface area contributed by atoms with Gasteiger partial charge in [-0.1, -0.05) is 140 Å². The maximum Gasteiger partial charge on any atom is 0.136 e. The number of nitrogens with zero attached hydrogens (tertiary/aromatic N) is 1. The van der Waals surface area contributed by atoms with Gasteiger partial charge in [0.05, 0.1) is 0 Å². The number of furan rings is 1. The van der Waals surface area contributed by atoms with Crippen molar-refractivity contribution in [3.63, 3.8) is 0 Å². The summed E-state index contributed by atoms with van der Waals surface area (Å²) in [5.74, 6) is 0. The Balaban J connectivity index is 0.936. The van der Waals surface area contributed by atoms with Crippen LogP contribution in [0.3, 0.4) is 0 Å². The molecule has 0 bridgehead atoms. The molecule has 262 valence electrons. The number of rotatable bonds is 6.